The maximum absolute atomic E-state index is 12.7. The summed E-state index contributed by atoms with van der Waals surface area (Å²) < 4.78 is 17.2. The number of carbonyl (C=O) groups is 3. The number of esters is 2. The van der Waals surface area contributed by atoms with E-state index in [1.54, 1.807) is 21.1 Å². The molecule has 2 unspecified atom stereocenters. The minimum Gasteiger partial charge on any atom is -0.544 e. The average Bonchev–Trinajstić information content (AvgIpc) is 3.22. The van der Waals surface area contributed by atoms with E-state index in [0.717, 1.165) is 57.8 Å². The standard InChI is InChI=1S/C53H95NO7/c1-6-8-10-12-14-16-18-20-22-23-24-25-26-27-28-30-31-33-35-37-39-41-43-51(55)60-48-49(47-59-46-45-50(53(57)58)54(3,4)5)61-52(56)44-42-40-38-36-34-32-29-21-19-17-15-13-11-9-7-2/h9,11,13,15,17,19,26-27,49-50H,6-8,10,12,14,16,18,20-25,28-48H2,1-5H3/b11-9+,15-13+,19-17+,27-26+. The molecule has 2 atom stereocenters. The highest BCUT2D eigenvalue weighted by Gasteiger charge is 2.25. The van der Waals surface area contributed by atoms with Crippen LogP contribution in [0.4, 0.5) is 0 Å². The van der Waals surface area contributed by atoms with Crippen LogP contribution in [0.25, 0.3) is 0 Å². The summed E-state index contributed by atoms with van der Waals surface area (Å²) in [4.78, 5) is 37.0. The first-order chi connectivity index (χ1) is 29.6. The molecule has 0 bridgehead atoms. The van der Waals surface area contributed by atoms with Crippen LogP contribution in [-0.4, -0.2) is 75.5 Å². The van der Waals surface area contributed by atoms with Crippen molar-refractivity contribution in [2.24, 2.45) is 0 Å². The van der Waals surface area contributed by atoms with Gasteiger partial charge in [-0.2, -0.15) is 0 Å². The van der Waals surface area contributed by atoms with E-state index in [9.17, 15) is 19.5 Å². The zero-order chi connectivity index (χ0) is 44.9. The molecule has 61 heavy (non-hydrogen) atoms. The molecule has 0 aromatic rings. The molecule has 0 fully saturated rings. The molecule has 0 saturated heterocycles. The van der Waals surface area contributed by atoms with Crippen LogP contribution in [0, 0.1) is 0 Å². The Labute approximate surface area is 376 Å². The van der Waals surface area contributed by atoms with E-state index in [1.165, 1.54) is 128 Å². The van der Waals surface area contributed by atoms with E-state index in [2.05, 4.69) is 62.5 Å². The van der Waals surface area contributed by atoms with E-state index in [-0.39, 0.29) is 42.7 Å². The van der Waals surface area contributed by atoms with Gasteiger partial charge in [-0.1, -0.05) is 191 Å². The lowest BCUT2D eigenvalue weighted by Crippen LogP contribution is -2.55. The molecule has 0 aromatic heterocycles. The SMILES string of the molecule is CC/C=C/C=C/C=C/CCCCCCCCCC(=O)OC(COCCC(C(=O)[O-])[N+](C)(C)C)COC(=O)CCCCCCCCC/C=C/CCCCCCCCCCCCC. The lowest BCUT2D eigenvalue weighted by molar-refractivity contribution is -0.889. The van der Waals surface area contributed by atoms with Crippen LogP contribution >= 0.6 is 0 Å². The molecule has 0 spiro atoms. The molecule has 8 heteroatoms. The van der Waals surface area contributed by atoms with Crippen molar-refractivity contribution in [3.63, 3.8) is 0 Å². The molecule has 0 aromatic carbocycles. The molecule has 0 aliphatic rings. The van der Waals surface area contributed by atoms with Crippen molar-refractivity contribution in [1.82, 2.24) is 0 Å². The maximum atomic E-state index is 12.7. The predicted octanol–water partition coefficient (Wildman–Crippen LogP) is 13.0. The van der Waals surface area contributed by atoms with Crippen LogP contribution in [0.3, 0.4) is 0 Å². The quantitative estimate of drug-likeness (QED) is 0.0198. The van der Waals surface area contributed by atoms with Crippen molar-refractivity contribution >= 4 is 17.9 Å². The minimum absolute atomic E-state index is 0.0342. The van der Waals surface area contributed by atoms with Crippen LogP contribution < -0.4 is 5.11 Å². The number of allylic oxidation sites excluding steroid dienone is 8. The van der Waals surface area contributed by atoms with Crippen LogP contribution in [0.1, 0.15) is 219 Å². The summed E-state index contributed by atoms with van der Waals surface area (Å²) in [6.45, 7) is 4.53. The smallest absolute Gasteiger partial charge is 0.306 e. The van der Waals surface area contributed by atoms with Gasteiger partial charge in [-0.15, -0.1) is 0 Å². The monoisotopic (exact) mass is 858 g/mol. The Kier molecular flexibility index (Phi) is 42.0. The summed E-state index contributed by atoms with van der Waals surface area (Å²) in [6.07, 6.45) is 52.9. The summed E-state index contributed by atoms with van der Waals surface area (Å²) in [7, 11) is 5.41. The first-order valence-electron chi connectivity index (χ1n) is 25.2. The topological polar surface area (TPSA) is 102 Å². The van der Waals surface area contributed by atoms with Crippen molar-refractivity contribution in [2.45, 2.75) is 231 Å². The second-order valence-electron chi connectivity index (χ2n) is 18.1. The van der Waals surface area contributed by atoms with Gasteiger partial charge < -0.3 is 28.6 Å². The number of likely N-dealkylation sites (N-methyl/N-ethyl adjacent to an activating group) is 1. The average molecular weight is 858 g/mol. The number of nitrogens with zero attached hydrogens (tertiary/aromatic N) is 1. The molecule has 0 aliphatic carbocycles. The molecule has 0 heterocycles. The Morgan fingerprint density at radius 1 is 0.508 bits per heavy atom. The van der Waals surface area contributed by atoms with Gasteiger partial charge in [-0.25, -0.2) is 0 Å². The number of carboxylic acid groups (broad SMARTS) is 1. The van der Waals surface area contributed by atoms with E-state index in [1.807, 2.05) is 0 Å². The van der Waals surface area contributed by atoms with Gasteiger partial charge >= 0.3 is 11.9 Å². The van der Waals surface area contributed by atoms with Crippen molar-refractivity contribution in [2.75, 3.05) is 41.0 Å². The third-order valence-electron chi connectivity index (χ3n) is 11.3. The second-order valence-corrected chi connectivity index (χ2v) is 18.1. The third-order valence-corrected chi connectivity index (χ3v) is 11.3. The number of unbranched alkanes of at least 4 members (excludes halogenated alkanes) is 25. The Morgan fingerprint density at radius 3 is 1.39 bits per heavy atom. The Morgan fingerprint density at radius 2 is 0.934 bits per heavy atom. The maximum Gasteiger partial charge on any atom is 0.306 e. The lowest BCUT2D eigenvalue weighted by Gasteiger charge is -2.34. The fourth-order valence-electron chi connectivity index (χ4n) is 7.36. The number of rotatable bonds is 45. The summed E-state index contributed by atoms with van der Waals surface area (Å²) in [5, 5.41) is 11.6. The number of aliphatic carboxylic acids is 1. The highest BCUT2D eigenvalue weighted by molar-refractivity contribution is 5.70. The summed E-state index contributed by atoms with van der Waals surface area (Å²) >= 11 is 0. The highest BCUT2D eigenvalue weighted by Crippen LogP contribution is 2.15. The third kappa shape index (κ3) is 42.4. The summed E-state index contributed by atoms with van der Waals surface area (Å²) in [6, 6.07) is -0.730. The van der Waals surface area contributed by atoms with E-state index < -0.39 is 18.1 Å². The molecule has 0 amide bonds. The molecule has 0 aliphatic heterocycles. The largest absolute Gasteiger partial charge is 0.544 e. The second kappa shape index (κ2) is 43.9. The number of quaternary nitrogens is 1. The van der Waals surface area contributed by atoms with Crippen molar-refractivity contribution in [1.29, 1.82) is 0 Å². The fraction of sp³-hybridized carbons (Fsp3) is 0.792. The van der Waals surface area contributed by atoms with Gasteiger partial charge in [0.05, 0.1) is 40.3 Å². The number of carbonyl (C=O) groups excluding carboxylic acids is 3. The first-order valence-corrected chi connectivity index (χ1v) is 25.2. The Balaban J connectivity index is 4.23. The zero-order valence-corrected chi connectivity index (χ0v) is 40.3. The summed E-state index contributed by atoms with van der Waals surface area (Å²) in [5.41, 5.74) is 0. The molecule has 0 N–H and O–H groups in total. The van der Waals surface area contributed by atoms with Gasteiger partial charge in [0.1, 0.15) is 12.6 Å². The van der Waals surface area contributed by atoms with Crippen LogP contribution in [0.15, 0.2) is 48.6 Å². The van der Waals surface area contributed by atoms with Crippen molar-refractivity contribution in [3.8, 4) is 0 Å². The van der Waals surface area contributed by atoms with E-state index >= 15 is 0 Å². The zero-order valence-electron chi connectivity index (χ0n) is 40.3. The Bertz CT molecular complexity index is 1140. The normalized spacial score (nSPS) is 13.3. The first kappa shape index (κ1) is 58.3. The highest BCUT2D eigenvalue weighted by atomic mass is 16.6. The van der Waals surface area contributed by atoms with Crippen LogP contribution in [-0.2, 0) is 28.6 Å². The number of hydrogen-bond acceptors (Lipinski definition) is 7. The molecule has 354 valence electrons. The molecular formula is C53H95NO7. The van der Waals surface area contributed by atoms with Crippen molar-refractivity contribution in [3.05, 3.63) is 48.6 Å². The van der Waals surface area contributed by atoms with Gasteiger partial charge in [-0.3, -0.25) is 9.59 Å². The van der Waals surface area contributed by atoms with Gasteiger partial charge in [0.15, 0.2) is 6.10 Å². The van der Waals surface area contributed by atoms with Gasteiger partial charge in [-0.05, 0) is 57.8 Å². The van der Waals surface area contributed by atoms with Gasteiger partial charge in [0.2, 0.25) is 0 Å². The van der Waals surface area contributed by atoms with Crippen LogP contribution in [0.2, 0.25) is 0 Å². The summed E-state index contributed by atoms with van der Waals surface area (Å²) in [5.74, 6) is -1.75. The lowest BCUT2D eigenvalue weighted by atomic mass is 10.0. The van der Waals surface area contributed by atoms with Crippen LogP contribution in [0.5, 0.6) is 0 Å². The van der Waals surface area contributed by atoms with E-state index in [4.69, 9.17) is 14.2 Å². The van der Waals surface area contributed by atoms with Gasteiger partial charge in [0, 0.05) is 19.3 Å². The van der Waals surface area contributed by atoms with Gasteiger partial charge in [0.25, 0.3) is 0 Å². The molecule has 8 nitrogen and oxygen atoms in total. The van der Waals surface area contributed by atoms with E-state index in [0.29, 0.717) is 12.8 Å². The number of hydrogen-bond donors (Lipinski definition) is 0. The molecule has 0 saturated carbocycles. The predicted molar refractivity (Wildman–Crippen MR) is 254 cm³/mol. The molecule has 0 rings (SSSR count). The number of ether oxygens (including phenoxy) is 3. The fourth-order valence-corrected chi connectivity index (χ4v) is 7.36. The van der Waals surface area contributed by atoms with Crippen molar-refractivity contribution < 1.29 is 38.2 Å². The molecular weight excluding hydrogens is 763 g/mol. The number of carboxylic acids is 1. The Hall–Kier alpha value is -2.71. The minimum atomic E-state index is -1.13. The molecule has 0 radical (unpaired) electrons.